The average Bonchev–Trinajstić information content (AvgIpc) is 2.65. The van der Waals surface area contributed by atoms with E-state index in [9.17, 15) is 9.59 Å². The molecule has 0 bridgehead atoms. The number of hydrogen-bond acceptors (Lipinski definition) is 6. The molecule has 1 aromatic carbocycles. The van der Waals surface area contributed by atoms with Gasteiger partial charge in [0.05, 0.1) is 12.2 Å². The van der Waals surface area contributed by atoms with Gasteiger partial charge >= 0.3 is 5.97 Å². The van der Waals surface area contributed by atoms with E-state index >= 15 is 0 Å². The number of anilines is 2. The lowest BCUT2D eigenvalue weighted by atomic mass is 10.0. The minimum atomic E-state index is -0.553. The number of likely N-dealkylation sites (N-methyl/N-ethyl adjacent to an activating group) is 1. The highest BCUT2D eigenvalue weighted by molar-refractivity contribution is 5.92. The molecule has 1 saturated heterocycles. The van der Waals surface area contributed by atoms with Crippen LogP contribution >= 0.6 is 0 Å². The monoisotopic (exact) mass is 405 g/mol. The van der Waals surface area contributed by atoms with Crippen molar-refractivity contribution in [1.82, 2.24) is 4.90 Å². The molecule has 1 heterocycles. The summed E-state index contributed by atoms with van der Waals surface area (Å²) in [7, 11) is 3.65. The number of likely N-dealkylation sites (tertiary alicyclic amines) is 1. The Morgan fingerprint density at radius 3 is 2.41 bits per heavy atom. The van der Waals surface area contributed by atoms with E-state index in [1.54, 1.807) is 14.0 Å². The average molecular weight is 406 g/mol. The summed E-state index contributed by atoms with van der Waals surface area (Å²) in [5.74, 6) is -0.216. The van der Waals surface area contributed by atoms with Crippen molar-refractivity contribution in [3.63, 3.8) is 0 Å². The third kappa shape index (κ3) is 7.24. The fourth-order valence-electron chi connectivity index (χ4n) is 3.30. The van der Waals surface area contributed by atoms with Gasteiger partial charge in [-0.1, -0.05) is 0 Å². The smallest absolute Gasteiger partial charge is 0.338 e. The van der Waals surface area contributed by atoms with Gasteiger partial charge in [0.25, 0.3) is 0 Å². The van der Waals surface area contributed by atoms with Crippen molar-refractivity contribution < 1.29 is 19.1 Å². The molecule has 1 aliphatic heterocycles. The van der Waals surface area contributed by atoms with Crippen LogP contribution in [0.15, 0.2) is 18.2 Å². The second kappa shape index (κ2) is 9.96. The van der Waals surface area contributed by atoms with Crippen molar-refractivity contribution in [1.29, 1.82) is 0 Å². The van der Waals surface area contributed by atoms with Gasteiger partial charge in [0.15, 0.2) is 0 Å². The van der Waals surface area contributed by atoms with E-state index in [1.165, 1.54) is 0 Å². The standard InChI is InChI=1S/C22H35N3O4/c1-16(26)25-9-7-18(8-10-25)23-19-13-17(21(27)29-22(2,3)4)14-20(15-19)24(5)11-12-28-6/h13-15,18,23H,7-12H2,1-6H3. The van der Waals surface area contributed by atoms with Crippen LogP contribution in [0.3, 0.4) is 0 Å². The van der Waals surface area contributed by atoms with Gasteiger partial charge in [-0.15, -0.1) is 0 Å². The third-order valence-electron chi connectivity index (χ3n) is 4.94. The van der Waals surface area contributed by atoms with E-state index in [1.807, 2.05) is 50.9 Å². The number of methoxy groups -OCH3 is 1. The highest BCUT2D eigenvalue weighted by Crippen LogP contribution is 2.26. The Balaban J connectivity index is 2.20. The van der Waals surface area contributed by atoms with Crippen molar-refractivity contribution in [3.05, 3.63) is 23.8 Å². The van der Waals surface area contributed by atoms with Gasteiger partial charge in [-0.3, -0.25) is 4.79 Å². The minimum absolute atomic E-state index is 0.123. The largest absolute Gasteiger partial charge is 0.456 e. The Morgan fingerprint density at radius 1 is 1.21 bits per heavy atom. The molecule has 1 aliphatic rings. The maximum absolute atomic E-state index is 12.7. The van der Waals surface area contributed by atoms with Crippen LogP contribution in [0.1, 0.15) is 50.9 Å². The van der Waals surface area contributed by atoms with Crippen molar-refractivity contribution in [2.24, 2.45) is 0 Å². The minimum Gasteiger partial charge on any atom is -0.456 e. The van der Waals surface area contributed by atoms with Gasteiger partial charge in [0.2, 0.25) is 5.91 Å². The number of carbonyl (C=O) groups excluding carboxylic acids is 2. The molecule has 0 radical (unpaired) electrons. The Labute approximate surface area is 174 Å². The number of esters is 1. The molecule has 7 nitrogen and oxygen atoms in total. The molecular weight excluding hydrogens is 370 g/mol. The number of hydrogen-bond donors (Lipinski definition) is 1. The zero-order valence-corrected chi connectivity index (χ0v) is 18.6. The lowest BCUT2D eigenvalue weighted by molar-refractivity contribution is -0.129. The van der Waals surface area contributed by atoms with Crippen LogP contribution in [0, 0.1) is 0 Å². The maximum Gasteiger partial charge on any atom is 0.338 e. The van der Waals surface area contributed by atoms with Crippen LogP contribution in [0.5, 0.6) is 0 Å². The summed E-state index contributed by atoms with van der Waals surface area (Å²) in [5, 5.41) is 3.55. The van der Waals surface area contributed by atoms with Gasteiger partial charge in [-0.05, 0) is 51.8 Å². The number of benzene rings is 1. The summed E-state index contributed by atoms with van der Waals surface area (Å²) < 4.78 is 10.7. The molecule has 1 fully saturated rings. The predicted molar refractivity (Wildman–Crippen MR) is 116 cm³/mol. The van der Waals surface area contributed by atoms with Crippen molar-refractivity contribution >= 4 is 23.3 Å². The normalized spacial score (nSPS) is 15.2. The van der Waals surface area contributed by atoms with E-state index in [-0.39, 0.29) is 17.9 Å². The summed E-state index contributed by atoms with van der Waals surface area (Å²) in [5.41, 5.74) is 1.77. The molecule has 0 spiro atoms. The van der Waals surface area contributed by atoms with Crippen LogP contribution in [-0.2, 0) is 14.3 Å². The number of piperidine rings is 1. The number of ether oxygens (including phenoxy) is 2. The van der Waals surface area contributed by atoms with Crippen molar-refractivity contribution in [3.8, 4) is 0 Å². The first kappa shape index (κ1) is 23.0. The first-order chi connectivity index (χ1) is 13.6. The predicted octanol–water partition coefficient (Wildman–Crippen LogP) is 3.15. The molecule has 0 atom stereocenters. The van der Waals surface area contributed by atoms with Crippen LogP contribution in [0.2, 0.25) is 0 Å². The third-order valence-corrected chi connectivity index (χ3v) is 4.94. The van der Waals surface area contributed by atoms with Gasteiger partial charge < -0.3 is 24.6 Å². The fraction of sp³-hybridized carbons (Fsp3) is 0.636. The maximum atomic E-state index is 12.7. The molecule has 1 aromatic rings. The Morgan fingerprint density at radius 2 is 1.86 bits per heavy atom. The fourth-order valence-corrected chi connectivity index (χ4v) is 3.30. The lowest BCUT2D eigenvalue weighted by Gasteiger charge is -2.32. The molecule has 29 heavy (non-hydrogen) atoms. The van der Waals surface area contributed by atoms with E-state index in [4.69, 9.17) is 9.47 Å². The SMILES string of the molecule is COCCN(C)c1cc(NC2CCN(C(C)=O)CC2)cc(C(=O)OC(C)(C)C)c1. The summed E-state index contributed by atoms with van der Waals surface area (Å²) in [6, 6.07) is 6.00. The van der Waals surface area contributed by atoms with Gasteiger partial charge in [0, 0.05) is 58.1 Å². The zero-order valence-electron chi connectivity index (χ0n) is 18.6. The lowest BCUT2D eigenvalue weighted by Crippen LogP contribution is -2.41. The Kier molecular flexibility index (Phi) is 7.90. The first-order valence-electron chi connectivity index (χ1n) is 10.2. The van der Waals surface area contributed by atoms with Gasteiger partial charge in [-0.25, -0.2) is 4.79 Å². The quantitative estimate of drug-likeness (QED) is 0.703. The second-order valence-electron chi connectivity index (χ2n) is 8.61. The van der Waals surface area contributed by atoms with Gasteiger partial charge in [0.1, 0.15) is 5.60 Å². The highest BCUT2D eigenvalue weighted by atomic mass is 16.6. The number of carbonyl (C=O) groups is 2. The van der Waals surface area contributed by atoms with E-state index in [2.05, 4.69) is 10.2 Å². The van der Waals surface area contributed by atoms with E-state index in [0.717, 1.165) is 37.3 Å². The van der Waals surface area contributed by atoms with E-state index < -0.39 is 5.60 Å². The van der Waals surface area contributed by atoms with Crippen LogP contribution < -0.4 is 10.2 Å². The molecule has 0 saturated carbocycles. The first-order valence-corrected chi connectivity index (χ1v) is 10.2. The number of rotatable bonds is 7. The Hall–Kier alpha value is -2.28. The van der Waals surface area contributed by atoms with Crippen LogP contribution in [0.4, 0.5) is 11.4 Å². The van der Waals surface area contributed by atoms with Gasteiger partial charge in [-0.2, -0.15) is 0 Å². The summed E-state index contributed by atoms with van der Waals surface area (Å²) in [4.78, 5) is 28.1. The summed E-state index contributed by atoms with van der Waals surface area (Å²) in [6.07, 6.45) is 1.76. The summed E-state index contributed by atoms with van der Waals surface area (Å²) >= 11 is 0. The molecule has 0 aliphatic carbocycles. The van der Waals surface area contributed by atoms with Crippen molar-refractivity contribution in [2.45, 2.75) is 52.2 Å². The molecule has 1 N–H and O–H groups in total. The molecule has 162 valence electrons. The van der Waals surface area contributed by atoms with Crippen LogP contribution in [-0.4, -0.2) is 68.8 Å². The Bertz CT molecular complexity index is 706. The molecule has 7 heteroatoms. The van der Waals surface area contributed by atoms with Crippen molar-refractivity contribution in [2.75, 3.05) is 50.6 Å². The molecule has 2 rings (SSSR count). The second-order valence-corrected chi connectivity index (χ2v) is 8.61. The molecule has 0 unspecified atom stereocenters. The molecule has 1 amide bonds. The number of nitrogens with one attached hydrogen (secondary N) is 1. The number of nitrogens with zero attached hydrogens (tertiary/aromatic N) is 2. The summed E-state index contributed by atoms with van der Waals surface area (Å²) in [6.45, 7) is 10.0. The molecule has 0 aromatic heterocycles. The topological polar surface area (TPSA) is 71.1 Å². The highest BCUT2D eigenvalue weighted by Gasteiger charge is 2.23. The van der Waals surface area contributed by atoms with Crippen LogP contribution in [0.25, 0.3) is 0 Å². The molecular formula is C22H35N3O4. The zero-order chi connectivity index (χ0) is 21.6. The van der Waals surface area contributed by atoms with E-state index in [0.29, 0.717) is 18.7 Å². The number of amides is 1.